The number of rotatable bonds is 0. The van der Waals surface area contributed by atoms with Gasteiger partial charge in [-0.15, -0.1) is 19.7 Å². The van der Waals surface area contributed by atoms with Crippen LogP contribution in [-0.2, 0) is 0 Å². The van der Waals surface area contributed by atoms with E-state index in [-0.39, 0.29) is 11.0 Å². The first kappa shape index (κ1) is 17.3. The van der Waals surface area contributed by atoms with Crippen molar-refractivity contribution >= 4 is 11.0 Å². The molecule has 0 aromatic carbocycles. The summed E-state index contributed by atoms with van der Waals surface area (Å²) >= 11 is 0. The maximum atomic E-state index is 3.36. The van der Waals surface area contributed by atoms with Crippen molar-refractivity contribution in [3.63, 3.8) is 0 Å². The van der Waals surface area contributed by atoms with E-state index in [9.17, 15) is 0 Å². The number of hydrogen-bond acceptors (Lipinski definition) is 0. The van der Waals surface area contributed by atoms with Crippen LogP contribution in [0.1, 0.15) is 6.92 Å². The SMILES string of the molecule is C=C.C=CC.[SiH4]. The Labute approximate surface area is 44.6 Å². The Morgan fingerprint density at radius 2 is 1.33 bits per heavy atom. The summed E-state index contributed by atoms with van der Waals surface area (Å²) in [4.78, 5) is 0. The summed E-state index contributed by atoms with van der Waals surface area (Å²) in [5, 5.41) is 0. The fraction of sp³-hybridized carbons (Fsp3) is 0.200. The van der Waals surface area contributed by atoms with E-state index in [2.05, 4.69) is 19.7 Å². The first-order chi connectivity index (χ1) is 2.41. The van der Waals surface area contributed by atoms with Gasteiger partial charge in [0.15, 0.2) is 0 Å². The van der Waals surface area contributed by atoms with Crippen molar-refractivity contribution < 1.29 is 0 Å². The quantitative estimate of drug-likeness (QED) is 0.309. The summed E-state index contributed by atoms with van der Waals surface area (Å²) in [5.74, 6) is 0. The predicted molar refractivity (Wildman–Crippen MR) is 38.5 cm³/mol. The molecule has 0 aromatic rings. The smallest absolute Gasteiger partial charge is 0.0149 e. The van der Waals surface area contributed by atoms with E-state index in [0.717, 1.165) is 0 Å². The minimum Gasteiger partial charge on any atom is -0.106 e. The second kappa shape index (κ2) is 132. The second-order valence-corrected chi connectivity index (χ2v) is 0.408. The fourth-order valence-corrected chi connectivity index (χ4v) is 0. The standard InChI is InChI=1S/C3H6.C2H4.H4Si/c1-3-2;1-2;/h3H,1H2,2H3;1-2H2;1H4. The zero-order valence-electron chi connectivity index (χ0n) is 3.70. The minimum absolute atomic E-state index is 0. The lowest BCUT2D eigenvalue weighted by Crippen LogP contribution is -1.07. The van der Waals surface area contributed by atoms with Gasteiger partial charge in [0.1, 0.15) is 0 Å². The molecule has 0 aliphatic rings. The Bertz CT molecular complexity index is 17.9. The maximum absolute atomic E-state index is 3.36. The van der Waals surface area contributed by atoms with Gasteiger partial charge in [0, 0.05) is 0 Å². The molecule has 0 heterocycles. The molecule has 0 aromatic heterocycles. The Kier molecular flexibility index (Phi) is 381. The van der Waals surface area contributed by atoms with Gasteiger partial charge < -0.3 is 0 Å². The zero-order valence-corrected chi connectivity index (χ0v) is 3.70. The van der Waals surface area contributed by atoms with E-state index in [0.29, 0.717) is 0 Å². The van der Waals surface area contributed by atoms with Crippen molar-refractivity contribution in [1.82, 2.24) is 0 Å². The van der Waals surface area contributed by atoms with Crippen molar-refractivity contribution in [3.05, 3.63) is 25.8 Å². The van der Waals surface area contributed by atoms with Crippen LogP contribution in [-0.4, -0.2) is 11.0 Å². The van der Waals surface area contributed by atoms with Gasteiger partial charge in [0.05, 0.1) is 0 Å². The number of allylic oxidation sites excluding steroid dienone is 1. The first-order valence-electron chi connectivity index (χ1n) is 1.49. The molecule has 0 aliphatic carbocycles. The van der Waals surface area contributed by atoms with Gasteiger partial charge in [-0.25, -0.2) is 0 Å². The molecule has 0 unspecified atom stereocenters. The average Bonchev–Trinajstić information content (AvgIpc) is 1.46. The second-order valence-electron chi connectivity index (χ2n) is 0.408. The molecule has 0 radical (unpaired) electrons. The highest BCUT2D eigenvalue weighted by Gasteiger charge is 1.15. The molecule has 0 spiro atoms. The van der Waals surface area contributed by atoms with Gasteiger partial charge >= 0.3 is 0 Å². The van der Waals surface area contributed by atoms with Gasteiger partial charge in [0.25, 0.3) is 0 Å². The molecule has 0 aliphatic heterocycles. The summed E-state index contributed by atoms with van der Waals surface area (Å²) in [6.45, 7) is 11.2. The van der Waals surface area contributed by atoms with Crippen LogP contribution >= 0.6 is 0 Å². The van der Waals surface area contributed by atoms with Crippen LogP contribution in [0.3, 0.4) is 0 Å². The fourth-order valence-electron chi connectivity index (χ4n) is 0. The monoisotopic (exact) mass is 102 g/mol. The van der Waals surface area contributed by atoms with E-state index in [1.54, 1.807) is 6.08 Å². The van der Waals surface area contributed by atoms with E-state index < -0.39 is 0 Å². The van der Waals surface area contributed by atoms with E-state index in [4.69, 9.17) is 0 Å². The first-order valence-corrected chi connectivity index (χ1v) is 1.49. The van der Waals surface area contributed by atoms with Crippen molar-refractivity contribution in [2.75, 3.05) is 0 Å². The van der Waals surface area contributed by atoms with Crippen LogP contribution < -0.4 is 0 Å². The lowest BCUT2D eigenvalue weighted by Gasteiger charge is -1.31. The predicted octanol–water partition coefficient (Wildman–Crippen LogP) is 0.543. The van der Waals surface area contributed by atoms with Gasteiger partial charge in [-0.3, -0.25) is 0 Å². The average molecular weight is 102 g/mol. The van der Waals surface area contributed by atoms with Gasteiger partial charge in [0.2, 0.25) is 0 Å². The maximum Gasteiger partial charge on any atom is -0.0149 e. The molecule has 0 bridgehead atoms. The topological polar surface area (TPSA) is 0 Å². The molecule has 0 N–H and O–H groups in total. The van der Waals surface area contributed by atoms with Crippen LogP contribution in [0.25, 0.3) is 0 Å². The molecular weight excluding hydrogens is 88.1 g/mol. The Balaban J connectivity index is -0.0000000275. The van der Waals surface area contributed by atoms with Crippen molar-refractivity contribution in [1.29, 1.82) is 0 Å². The highest BCUT2D eigenvalue weighted by molar-refractivity contribution is 5.75. The molecule has 6 heavy (non-hydrogen) atoms. The third kappa shape index (κ3) is 293. The molecule has 0 nitrogen and oxygen atoms in total. The Morgan fingerprint density at radius 1 is 1.33 bits per heavy atom. The highest BCUT2D eigenvalue weighted by atomic mass is 28.1. The summed E-state index contributed by atoms with van der Waals surface area (Å²) in [6, 6.07) is 0. The molecular formula is C5H14Si. The minimum atomic E-state index is 0. The van der Waals surface area contributed by atoms with Crippen molar-refractivity contribution in [2.45, 2.75) is 6.92 Å². The molecule has 38 valence electrons. The van der Waals surface area contributed by atoms with Crippen molar-refractivity contribution in [2.24, 2.45) is 0 Å². The third-order valence-corrected chi connectivity index (χ3v) is 0. The summed E-state index contributed by atoms with van der Waals surface area (Å²) in [5.41, 5.74) is 0. The largest absolute Gasteiger partial charge is 0.106 e. The van der Waals surface area contributed by atoms with Gasteiger partial charge in [-0.1, -0.05) is 6.08 Å². The van der Waals surface area contributed by atoms with Gasteiger partial charge in [-0.2, -0.15) is 0 Å². The normalized spacial score (nSPS) is 2.83. The van der Waals surface area contributed by atoms with E-state index in [1.165, 1.54) is 0 Å². The van der Waals surface area contributed by atoms with Crippen molar-refractivity contribution in [3.8, 4) is 0 Å². The molecule has 0 atom stereocenters. The Morgan fingerprint density at radius 3 is 1.33 bits per heavy atom. The summed E-state index contributed by atoms with van der Waals surface area (Å²) in [6.07, 6.45) is 1.75. The lowest BCUT2D eigenvalue weighted by atomic mass is 10.8. The lowest BCUT2D eigenvalue weighted by molar-refractivity contribution is 1.80. The summed E-state index contributed by atoms with van der Waals surface area (Å²) < 4.78 is 0. The van der Waals surface area contributed by atoms with Gasteiger partial charge in [-0.05, 0) is 17.9 Å². The van der Waals surface area contributed by atoms with Crippen LogP contribution in [0.4, 0.5) is 0 Å². The number of hydrogen-bond donors (Lipinski definition) is 0. The molecule has 0 saturated carbocycles. The molecule has 0 saturated heterocycles. The molecule has 1 heteroatoms. The highest BCUT2D eigenvalue weighted by Crippen LogP contribution is 1.38. The van der Waals surface area contributed by atoms with Crippen LogP contribution in [0.15, 0.2) is 25.8 Å². The van der Waals surface area contributed by atoms with E-state index >= 15 is 0 Å². The molecule has 0 rings (SSSR count). The van der Waals surface area contributed by atoms with E-state index in [1.807, 2.05) is 6.92 Å². The summed E-state index contributed by atoms with van der Waals surface area (Å²) in [7, 11) is 0. The van der Waals surface area contributed by atoms with Crippen LogP contribution in [0, 0.1) is 0 Å². The third-order valence-electron chi connectivity index (χ3n) is 0. The van der Waals surface area contributed by atoms with Crippen LogP contribution in [0.2, 0.25) is 0 Å². The molecule has 0 amide bonds. The Hall–Kier alpha value is -0.303. The van der Waals surface area contributed by atoms with Crippen LogP contribution in [0.5, 0.6) is 0 Å². The molecule has 0 fully saturated rings. The zero-order chi connectivity index (χ0) is 4.71.